The fourth-order valence-corrected chi connectivity index (χ4v) is 5.07. The van der Waals surface area contributed by atoms with Crippen LogP contribution in [0.5, 0.6) is 0 Å². The molecule has 0 saturated carbocycles. The van der Waals surface area contributed by atoms with Crippen molar-refractivity contribution < 1.29 is 26.4 Å². The zero-order valence-corrected chi connectivity index (χ0v) is 15.9. The molecule has 0 amide bonds. The topological polar surface area (TPSA) is 120 Å². The standard InChI is InChI=1S/C14H22N2O6S2/c1-9(2)7-23(18,19)12-6-11(13(17)22-5)15-14(16-12)24(20,21)8-10(3)4/h6,9-10H,7-8H2,1-5H3. The highest BCUT2D eigenvalue weighted by atomic mass is 32.2. The first-order valence-electron chi connectivity index (χ1n) is 7.32. The predicted molar refractivity (Wildman–Crippen MR) is 87.2 cm³/mol. The van der Waals surface area contributed by atoms with E-state index in [4.69, 9.17) is 0 Å². The maximum atomic E-state index is 12.4. The first-order chi connectivity index (χ1) is 10.9. The maximum absolute atomic E-state index is 12.4. The van der Waals surface area contributed by atoms with Crippen molar-refractivity contribution in [3.05, 3.63) is 11.8 Å². The Bertz CT molecular complexity index is 755. The molecule has 1 heterocycles. The zero-order valence-electron chi connectivity index (χ0n) is 14.3. The summed E-state index contributed by atoms with van der Waals surface area (Å²) in [5.74, 6) is -1.83. The van der Waals surface area contributed by atoms with Crippen LogP contribution in [0.2, 0.25) is 0 Å². The van der Waals surface area contributed by atoms with E-state index in [9.17, 15) is 21.6 Å². The van der Waals surface area contributed by atoms with Crippen LogP contribution in [0.15, 0.2) is 16.2 Å². The Labute approximate surface area is 142 Å². The third-order valence-electron chi connectivity index (χ3n) is 2.78. The van der Waals surface area contributed by atoms with Gasteiger partial charge in [0.15, 0.2) is 20.6 Å². The zero-order chi connectivity index (χ0) is 18.7. The Morgan fingerprint density at radius 3 is 1.96 bits per heavy atom. The van der Waals surface area contributed by atoms with Gasteiger partial charge < -0.3 is 4.74 Å². The number of aromatic nitrogens is 2. The minimum atomic E-state index is -3.93. The highest BCUT2D eigenvalue weighted by Crippen LogP contribution is 2.18. The molecule has 136 valence electrons. The first kappa shape index (κ1) is 20.5. The Balaban J connectivity index is 3.58. The van der Waals surface area contributed by atoms with Gasteiger partial charge in [-0.15, -0.1) is 0 Å². The van der Waals surface area contributed by atoms with Gasteiger partial charge in [0.1, 0.15) is 0 Å². The monoisotopic (exact) mass is 378 g/mol. The number of esters is 1. The quantitative estimate of drug-likeness (QED) is 0.393. The lowest BCUT2D eigenvalue weighted by Crippen LogP contribution is -2.21. The number of sulfone groups is 2. The van der Waals surface area contributed by atoms with E-state index in [1.165, 1.54) is 0 Å². The van der Waals surface area contributed by atoms with E-state index in [-0.39, 0.29) is 23.3 Å². The minimum absolute atomic E-state index is 0.192. The minimum Gasteiger partial charge on any atom is -0.464 e. The summed E-state index contributed by atoms with van der Waals surface area (Å²) < 4.78 is 53.9. The molecule has 1 aromatic heterocycles. The van der Waals surface area contributed by atoms with Crippen LogP contribution in [0.1, 0.15) is 38.2 Å². The molecule has 0 atom stereocenters. The molecular weight excluding hydrogens is 356 g/mol. The molecule has 0 N–H and O–H groups in total. The molecule has 1 aromatic rings. The third-order valence-corrected chi connectivity index (χ3v) is 6.58. The molecule has 8 nitrogen and oxygen atoms in total. The molecule has 10 heteroatoms. The molecule has 0 saturated heterocycles. The van der Waals surface area contributed by atoms with Crippen LogP contribution in [0, 0.1) is 11.8 Å². The van der Waals surface area contributed by atoms with Gasteiger partial charge in [0.05, 0.1) is 18.6 Å². The lowest BCUT2D eigenvalue weighted by atomic mass is 10.3. The van der Waals surface area contributed by atoms with Crippen LogP contribution in [0.25, 0.3) is 0 Å². The molecule has 0 unspecified atom stereocenters. The largest absolute Gasteiger partial charge is 0.464 e. The average Bonchev–Trinajstić information content (AvgIpc) is 2.43. The van der Waals surface area contributed by atoms with Gasteiger partial charge in [-0.05, 0) is 11.8 Å². The van der Waals surface area contributed by atoms with Crippen molar-refractivity contribution in [2.75, 3.05) is 18.6 Å². The van der Waals surface area contributed by atoms with Crippen LogP contribution in [-0.2, 0) is 24.4 Å². The van der Waals surface area contributed by atoms with Crippen molar-refractivity contribution in [2.24, 2.45) is 11.8 Å². The summed E-state index contributed by atoms with van der Waals surface area (Å²) in [6, 6.07) is 0.942. The lowest BCUT2D eigenvalue weighted by Gasteiger charge is -2.11. The van der Waals surface area contributed by atoms with E-state index in [1.807, 2.05) is 0 Å². The van der Waals surface area contributed by atoms with Gasteiger partial charge in [-0.2, -0.15) is 0 Å². The lowest BCUT2D eigenvalue weighted by molar-refractivity contribution is 0.0592. The summed E-state index contributed by atoms with van der Waals surface area (Å²) in [5, 5.41) is -1.17. The molecule has 24 heavy (non-hydrogen) atoms. The van der Waals surface area contributed by atoms with E-state index in [1.54, 1.807) is 27.7 Å². The SMILES string of the molecule is COC(=O)c1cc(S(=O)(=O)CC(C)C)nc(S(=O)(=O)CC(C)C)n1. The van der Waals surface area contributed by atoms with Crippen LogP contribution >= 0.6 is 0 Å². The van der Waals surface area contributed by atoms with Crippen LogP contribution < -0.4 is 0 Å². The number of hydrogen-bond acceptors (Lipinski definition) is 8. The smallest absolute Gasteiger partial charge is 0.356 e. The molecule has 0 bridgehead atoms. The first-order valence-corrected chi connectivity index (χ1v) is 10.6. The summed E-state index contributed by atoms with van der Waals surface area (Å²) in [7, 11) is -6.70. The fraction of sp³-hybridized carbons (Fsp3) is 0.643. The van der Waals surface area contributed by atoms with Gasteiger partial charge in [0.25, 0.3) is 0 Å². The number of methoxy groups -OCH3 is 1. The molecule has 0 fully saturated rings. The van der Waals surface area contributed by atoms with Crippen molar-refractivity contribution in [1.82, 2.24) is 9.97 Å². The molecular formula is C14H22N2O6S2. The highest BCUT2D eigenvalue weighted by molar-refractivity contribution is 7.92. The van der Waals surface area contributed by atoms with Crippen molar-refractivity contribution in [2.45, 2.75) is 37.9 Å². The maximum Gasteiger partial charge on any atom is 0.356 e. The van der Waals surface area contributed by atoms with E-state index >= 15 is 0 Å². The Morgan fingerprint density at radius 2 is 1.50 bits per heavy atom. The number of nitrogens with zero attached hydrogens (tertiary/aromatic N) is 2. The molecule has 0 spiro atoms. The van der Waals surface area contributed by atoms with Crippen LogP contribution in [0.3, 0.4) is 0 Å². The second-order valence-electron chi connectivity index (χ2n) is 6.22. The second kappa shape index (κ2) is 7.56. The number of ether oxygens (including phenoxy) is 1. The van der Waals surface area contributed by atoms with Crippen molar-refractivity contribution in [3.8, 4) is 0 Å². The van der Waals surface area contributed by atoms with E-state index in [0.29, 0.717) is 0 Å². The van der Waals surface area contributed by atoms with Gasteiger partial charge in [0.2, 0.25) is 15.0 Å². The second-order valence-corrected chi connectivity index (χ2v) is 10.1. The summed E-state index contributed by atoms with van der Waals surface area (Å²) in [4.78, 5) is 19.1. The predicted octanol–water partition coefficient (Wildman–Crippen LogP) is 1.12. The van der Waals surface area contributed by atoms with Gasteiger partial charge >= 0.3 is 5.97 Å². The van der Waals surface area contributed by atoms with Gasteiger partial charge in [-0.1, -0.05) is 27.7 Å². The number of carbonyl (C=O) groups excluding carboxylic acids is 1. The summed E-state index contributed by atoms with van der Waals surface area (Å²) in [6.07, 6.45) is 0. The molecule has 0 aliphatic carbocycles. The van der Waals surface area contributed by atoms with E-state index in [0.717, 1.165) is 13.2 Å². The summed E-state index contributed by atoms with van der Waals surface area (Å²) in [6.45, 7) is 6.79. The molecule has 0 radical (unpaired) electrons. The van der Waals surface area contributed by atoms with E-state index < -0.39 is 41.5 Å². The normalized spacial score (nSPS) is 12.6. The van der Waals surface area contributed by atoms with Gasteiger partial charge in [0, 0.05) is 6.07 Å². The number of carbonyl (C=O) groups is 1. The fourth-order valence-electron chi connectivity index (χ4n) is 1.95. The van der Waals surface area contributed by atoms with E-state index in [2.05, 4.69) is 14.7 Å². The van der Waals surface area contributed by atoms with Crippen LogP contribution in [0.4, 0.5) is 0 Å². The van der Waals surface area contributed by atoms with Crippen molar-refractivity contribution >= 4 is 25.6 Å². The highest BCUT2D eigenvalue weighted by Gasteiger charge is 2.27. The van der Waals surface area contributed by atoms with Crippen LogP contribution in [-0.4, -0.2) is 51.4 Å². The Hall–Kier alpha value is -1.55. The van der Waals surface area contributed by atoms with Crippen molar-refractivity contribution in [1.29, 1.82) is 0 Å². The number of rotatable bonds is 7. The molecule has 1 rings (SSSR count). The number of hydrogen-bond donors (Lipinski definition) is 0. The third kappa shape index (κ3) is 5.23. The summed E-state index contributed by atoms with van der Waals surface area (Å²) >= 11 is 0. The van der Waals surface area contributed by atoms with Gasteiger partial charge in [-0.3, -0.25) is 0 Å². The molecule has 0 aliphatic rings. The Kier molecular flexibility index (Phi) is 6.45. The van der Waals surface area contributed by atoms with Crippen molar-refractivity contribution in [3.63, 3.8) is 0 Å². The summed E-state index contributed by atoms with van der Waals surface area (Å²) in [5.41, 5.74) is -0.405. The molecule has 0 aromatic carbocycles. The van der Waals surface area contributed by atoms with Gasteiger partial charge in [-0.25, -0.2) is 31.6 Å². The molecule has 0 aliphatic heterocycles. The average molecular weight is 378 g/mol. The Morgan fingerprint density at radius 1 is 1.00 bits per heavy atom.